The Morgan fingerprint density at radius 2 is 2.25 bits per heavy atom. The molecule has 1 aliphatic heterocycles. The molecule has 0 aromatic heterocycles. The highest BCUT2D eigenvalue weighted by Gasteiger charge is 2.44. The second-order valence-corrected chi connectivity index (χ2v) is 6.43. The van der Waals surface area contributed by atoms with Crippen LogP contribution >= 0.6 is 0 Å². The van der Waals surface area contributed by atoms with Crippen LogP contribution < -0.4 is 11.1 Å². The molecule has 0 aromatic carbocycles. The van der Waals surface area contributed by atoms with Gasteiger partial charge in [-0.2, -0.15) is 0 Å². The summed E-state index contributed by atoms with van der Waals surface area (Å²) < 4.78 is 11.6. The Balaban J connectivity index is 1.81. The van der Waals surface area contributed by atoms with Gasteiger partial charge in [0.15, 0.2) is 0 Å². The highest BCUT2D eigenvalue weighted by atomic mass is 16.5. The minimum Gasteiger partial charge on any atom is -0.376 e. The molecule has 1 saturated heterocycles. The third kappa shape index (κ3) is 3.93. The molecule has 0 radical (unpaired) electrons. The summed E-state index contributed by atoms with van der Waals surface area (Å²) in [6.07, 6.45) is 6.11. The number of nitrogens with one attached hydrogen (secondary N) is 1. The summed E-state index contributed by atoms with van der Waals surface area (Å²) in [5.41, 5.74) is 5.01. The van der Waals surface area contributed by atoms with Gasteiger partial charge < -0.3 is 20.5 Å². The number of ether oxygens (including phenoxy) is 2. The van der Waals surface area contributed by atoms with E-state index in [0.29, 0.717) is 13.0 Å². The lowest BCUT2D eigenvalue weighted by atomic mass is 9.95. The second kappa shape index (κ2) is 6.87. The van der Waals surface area contributed by atoms with Crippen LogP contribution in [-0.4, -0.2) is 42.9 Å². The Kier molecular flexibility index (Phi) is 5.41. The highest BCUT2D eigenvalue weighted by molar-refractivity contribution is 5.85. The van der Waals surface area contributed by atoms with E-state index in [0.717, 1.165) is 32.3 Å². The lowest BCUT2D eigenvalue weighted by molar-refractivity contribution is -0.125. The van der Waals surface area contributed by atoms with E-state index in [9.17, 15) is 4.79 Å². The van der Waals surface area contributed by atoms with E-state index in [1.54, 1.807) is 0 Å². The van der Waals surface area contributed by atoms with E-state index in [1.165, 1.54) is 6.42 Å². The van der Waals surface area contributed by atoms with Crippen molar-refractivity contribution in [3.05, 3.63) is 0 Å². The maximum Gasteiger partial charge on any atom is 0.237 e. The molecule has 1 heterocycles. The zero-order valence-electron chi connectivity index (χ0n) is 12.7. The van der Waals surface area contributed by atoms with Gasteiger partial charge in [0.1, 0.15) is 5.54 Å². The summed E-state index contributed by atoms with van der Waals surface area (Å²) >= 11 is 0. The van der Waals surface area contributed by atoms with E-state index < -0.39 is 5.54 Å². The second-order valence-electron chi connectivity index (χ2n) is 6.43. The molecule has 3 N–H and O–H groups in total. The predicted octanol–water partition coefficient (Wildman–Crippen LogP) is 1.35. The third-order valence-corrected chi connectivity index (χ3v) is 4.30. The van der Waals surface area contributed by atoms with Gasteiger partial charge in [0.05, 0.1) is 18.8 Å². The molecule has 0 spiro atoms. The number of carbonyl (C=O) groups excluding carboxylic acids is 1. The van der Waals surface area contributed by atoms with Crippen molar-refractivity contribution in [2.75, 3.05) is 13.2 Å². The van der Waals surface area contributed by atoms with Gasteiger partial charge in [0, 0.05) is 19.1 Å². The number of hydrogen-bond acceptors (Lipinski definition) is 4. The van der Waals surface area contributed by atoms with Crippen molar-refractivity contribution in [3.8, 4) is 0 Å². The standard InChI is InChI=1S/C15H28N2O3/c1-11(2)17-15(14(16)18)7-6-12(9-15)20-10-13-5-3-4-8-19-13/h11-13,17H,3-10H2,1-2H3,(H2,16,18). The average molecular weight is 284 g/mol. The molecular weight excluding hydrogens is 256 g/mol. The zero-order valence-corrected chi connectivity index (χ0v) is 12.7. The molecule has 116 valence electrons. The van der Waals surface area contributed by atoms with E-state index >= 15 is 0 Å². The molecule has 2 fully saturated rings. The first kappa shape index (κ1) is 15.7. The quantitative estimate of drug-likeness (QED) is 0.772. The first-order valence-electron chi connectivity index (χ1n) is 7.83. The molecule has 0 aromatic rings. The van der Waals surface area contributed by atoms with Gasteiger partial charge in [-0.3, -0.25) is 4.79 Å². The lowest BCUT2D eigenvalue weighted by Crippen LogP contribution is -2.56. The molecular formula is C15H28N2O3. The Labute approximate surface area is 121 Å². The average Bonchev–Trinajstić information content (AvgIpc) is 2.81. The Hall–Kier alpha value is -0.650. The lowest BCUT2D eigenvalue weighted by Gasteiger charge is -2.30. The number of nitrogens with two attached hydrogens (primary N) is 1. The van der Waals surface area contributed by atoms with Crippen LogP contribution in [0.4, 0.5) is 0 Å². The van der Waals surface area contributed by atoms with E-state index in [4.69, 9.17) is 15.2 Å². The Morgan fingerprint density at radius 3 is 2.85 bits per heavy atom. The predicted molar refractivity (Wildman–Crippen MR) is 77.4 cm³/mol. The van der Waals surface area contributed by atoms with Gasteiger partial charge in [0.2, 0.25) is 5.91 Å². The van der Waals surface area contributed by atoms with Crippen LogP contribution in [0, 0.1) is 0 Å². The van der Waals surface area contributed by atoms with Crippen LogP contribution in [0.3, 0.4) is 0 Å². The van der Waals surface area contributed by atoms with Crippen molar-refractivity contribution in [1.29, 1.82) is 0 Å². The van der Waals surface area contributed by atoms with E-state index in [1.807, 2.05) is 13.8 Å². The van der Waals surface area contributed by atoms with E-state index in [2.05, 4.69) is 5.32 Å². The number of rotatable bonds is 6. The van der Waals surface area contributed by atoms with Crippen LogP contribution in [0.1, 0.15) is 52.4 Å². The molecule has 1 amide bonds. The minimum absolute atomic E-state index is 0.110. The van der Waals surface area contributed by atoms with Crippen molar-refractivity contribution < 1.29 is 14.3 Å². The smallest absolute Gasteiger partial charge is 0.237 e. The van der Waals surface area contributed by atoms with Gasteiger partial charge in [-0.25, -0.2) is 0 Å². The Bertz CT molecular complexity index is 329. The molecule has 5 heteroatoms. The molecule has 1 aliphatic carbocycles. The van der Waals surface area contributed by atoms with E-state index in [-0.39, 0.29) is 24.2 Å². The third-order valence-electron chi connectivity index (χ3n) is 4.30. The largest absolute Gasteiger partial charge is 0.376 e. The summed E-state index contributed by atoms with van der Waals surface area (Å²) in [4.78, 5) is 11.8. The van der Waals surface area contributed by atoms with Crippen molar-refractivity contribution >= 4 is 5.91 Å². The first-order valence-corrected chi connectivity index (χ1v) is 7.83. The zero-order chi connectivity index (χ0) is 14.6. The number of amides is 1. The summed E-state index contributed by atoms with van der Waals surface area (Å²) in [6.45, 7) is 5.56. The fourth-order valence-corrected chi connectivity index (χ4v) is 3.30. The van der Waals surface area contributed by atoms with Crippen molar-refractivity contribution in [2.24, 2.45) is 5.73 Å². The molecule has 3 unspecified atom stereocenters. The molecule has 3 atom stereocenters. The minimum atomic E-state index is -0.591. The first-order chi connectivity index (χ1) is 9.52. The normalized spacial score (nSPS) is 34.5. The fourth-order valence-electron chi connectivity index (χ4n) is 3.30. The Morgan fingerprint density at radius 1 is 1.45 bits per heavy atom. The number of primary amides is 1. The molecule has 5 nitrogen and oxygen atoms in total. The molecule has 1 saturated carbocycles. The van der Waals surface area contributed by atoms with Crippen molar-refractivity contribution in [1.82, 2.24) is 5.32 Å². The van der Waals surface area contributed by atoms with Gasteiger partial charge in [-0.05, 0) is 46.0 Å². The summed E-state index contributed by atoms with van der Waals surface area (Å²) in [5, 5.41) is 3.34. The van der Waals surface area contributed by atoms with Crippen molar-refractivity contribution in [2.45, 2.75) is 76.2 Å². The summed E-state index contributed by atoms with van der Waals surface area (Å²) in [5.74, 6) is -0.258. The summed E-state index contributed by atoms with van der Waals surface area (Å²) in [7, 11) is 0. The SMILES string of the molecule is CC(C)NC1(C(N)=O)CCC(OCC2CCCCO2)C1. The van der Waals surface area contributed by atoms with Gasteiger partial charge in [-0.1, -0.05) is 0 Å². The van der Waals surface area contributed by atoms with Crippen LogP contribution in [0.2, 0.25) is 0 Å². The fraction of sp³-hybridized carbons (Fsp3) is 0.933. The van der Waals surface area contributed by atoms with Crippen molar-refractivity contribution in [3.63, 3.8) is 0 Å². The highest BCUT2D eigenvalue weighted by Crippen LogP contribution is 2.32. The molecule has 2 rings (SSSR count). The molecule has 0 bridgehead atoms. The van der Waals surface area contributed by atoms with Crippen LogP contribution in [-0.2, 0) is 14.3 Å². The van der Waals surface area contributed by atoms with Crippen LogP contribution in [0.25, 0.3) is 0 Å². The maximum absolute atomic E-state index is 11.8. The van der Waals surface area contributed by atoms with Crippen LogP contribution in [0.15, 0.2) is 0 Å². The topological polar surface area (TPSA) is 73.6 Å². The van der Waals surface area contributed by atoms with Gasteiger partial charge in [-0.15, -0.1) is 0 Å². The van der Waals surface area contributed by atoms with Gasteiger partial charge in [0.25, 0.3) is 0 Å². The maximum atomic E-state index is 11.8. The number of hydrogen-bond donors (Lipinski definition) is 2. The number of carbonyl (C=O) groups is 1. The molecule has 2 aliphatic rings. The summed E-state index contributed by atoms with van der Waals surface area (Å²) in [6, 6.07) is 0.239. The molecule has 20 heavy (non-hydrogen) atoms. The van der Waals surface area contributed by atoms with Crippen LogP contribution in [0.5, 0.6) is 0 Å². The monoisotopic (exact) mass is 284 g/mol. The van der Waals surface area contributed by atoms with Gasteiger partial charge >= 0.3 is 0 Å².